The van der Waals surface area contributed by atoms with E-state index in [1.54, 1.807) is 0 Å². The minimum absolute atomic E-state index is 0.00468. The molecule has 0 aliphatic carbocycles. The third kappa shape index (κ3) is 2.57. The molecule has 0 aliphatic rings. The molecule has 0 saturated carbocycles. The van der Waals surface area contributed by atoms with Gasteiger partial charge in [0, 0.05) is 38.1 Å². The lowest BCUT2D eigenvalue weighted by molar-refractivity contribution is -0.635. The summed E-state index contributed by atoms with van der Waals surface area (Å²) in [4.78, 5) is 23.5. The molecule has 0 bridgehead atoms. The summed E-state index contributed by atoms with van der Waals surface area (Å²) in [5.74, 6) is -0.828. The van der Waals surface area contributed by atoms with Gasteiger partial charge in [-0.05, 0) is 12.5 Å². The number of carbonyl (C=O) groups excluding carboxylic acids is 2. The zero-order chi connectivity index (χ0) is 16.4. The van der Waals surface area contributed by atoms with Crippen LogP contribution >= 0.6 is 0 Å². The highest BCUT2D eigenvalue weighted by molar-refractivity contribution is 5.97. The van der Waals surface area contributed by atoms with Crippen molar-refractivity contribution in [3.05, 3.63) is 45.6 Å². The summed E-state index contributed by atoms with van der Waals surface area (Å²) in [6, 6.07) is 4.22. The summed E-state index contributed by atoms with van der Waals surface area (Å²) in [5, 5.41) is 27.2. The monoisotopic (exact) mass is 303 g/mol. The second-order valence-electron chi connectivity index (χ2n) is 5.04. The van der Waals surface area contributed by atoms with Gasteiger partial charge in [0.1, 0.15) is 0 Å². The molecule has 1 aromatic heterocycles. The summed E-state index contributed by atoms with van der Waals surface area (Å²) in [6.07, 6.45) is 0.787. The van der Waals surface area contributed by atoms with E-state index in [1.165, 1.54) is 32.0 Å². The highest BCUT2D eigenvalue weighted by Gasteiger charge is 2.28. The van der Waals surface area contributed by atoms with Crippen LogP contribution in [-0.2, 0) is 0 Å². The first-order chi connectivity index (χ1) is 10.4. The number of aromatic nitrogens is 2. The summed E-state index contributed by atoms with van der Waals surface area (Å²) >= 11 is 0. The lowest BCUT2D eigenvalue weighted by atomic mass is 10.1. The van der Waals surface area contributed by atoms with Gasteiger partial charge in [0.15, 0.2) is 0 Å². The highest BCUT2D eigenvalue weighted by Crippen LogP contribution is 2.12. The second kappa shape index (κ2) is 5.97. The van der Waals surface area contributed by atoms with E-state index in [9.17, 15) is 20.0 Å². The lowest BCUT2D eigenvalue weighted by Gasteiger charge is -2.10. The number of Topliss-reactive ketones (excluding diaryl/α,β-unsaturated/α-hetero) is 1. The second-order valence-corrected chi connectivity index (χ2v) is 5.04. The fourth-order valence-corrected chi connectivity index (χ4v) is 2.28. The van der Waals surface area contributed by atoms with Gasteiger partial charge in [-0.25, -0.2) is 0 Å². The van der Waals surface area contributed by atoms with E-state index in [4.69, 9.17) is 0 Å². The van der Waals surface area contributed by atoms with E-state index in [2.05, 4.69) is 5.32 Å². The van der Waals surface area contributed by atoms with Crippen LogP contribution in [0.5, 0.6) is 0 Å². The van der Waals surface area contributed by atoms with Gasteiger partial charge in [-0.1, -0.05) is 6.92 Å². The smallest absolute Gasteiger partial charge is 0.328 e. The van der Waals surface area contributed by atoms with Crippen molar-refractivity contribution in [2.75, 3.05) is 6.54 Å². The molecule has 1 heterocycles. The van der Waals surface area contributed by atoms with Crippen molar-refractivity contribution in [1.82, 2.24) is 5.32 Å². The Bertz CT molecular complexity index is 771. The molecule has 1 N–H and O–H groups in total. The van der Waals surface area contributed by atoms with Crippen LogP contribution in [0.25, 0.3) is 11.0 Å². The first-order valence-corrected chi connectivity index (χ1v) is 6.97. The summed E-state index contributed by atoms with van der Waals surface area (Å²) < 4.78 is 0.951. The van der Waals surface area contributed by atoms with Gasteiger partial charge in [0.25, 0.3) is 22.6 Å². The molecular formula is C15H17N3O4. The van der Waals surface area contributed by atoms with Crippen molar-refractivity contribution < 1.29 is 19.0 Å². The van der Waals surface area contributed by atoms with Crippen LogP contribution in [0.2, 0.25) is 0 Å². The van der Waals surface area contributed by atoms with Crippen molar-refractivity contribution in [3.8, 4) is 0 Å². The molecule has 0 atom stereocenters. The third-order valence-corrected chi connectivity index (χ3v) is 3.39. The number of amides is 1. The largest absolute Gasteiger partial charge is 0.618 e. The van der Waals surface area contributed by atoms with Crippen LogP contribution in [0.1, 0.15) is 46.8 Å². The first-order valence-electron chi connectivity index (χ1n) is 6.97. The van der Waals surface area contributed by atoms with Crippen molar-refractivity contribution in [2.45, 2.75) is 27.2 Å². The molecule has 0 aliphatic heterocycles. The van der Waals surface area contributed by atoms with Crippen LogP contribution in [0.3, 0.4) is 0 Å². The van der Waals surface area contributed by atoms with Crippen LogP contribution in [0, 0.1) is 17.3 Å². The van der Waals surface area contributed by atoms with Gasteiger partial charge in [-0.2, -0.15) is 9.46 Å². The van der Waals surface area contributed by atoms with Crippen molar-refractivity contribution in [2.24, 2.45) is 0 Å². The summed E-state index contributed by atoms with van der Waals surface area (Å²) in [5.41, 5.74) is 0.204. The summed E-state index contributed by atoms with van der Waals surface area (Å²) in [7, 11) is 0. The normalized spacial score (nSPS) is 10.7. The highest BCUT2D eigenvalue weighted by atomic mass is 16.5. The molecule has 116 valence electrons. The van der Waals surface area contributed by atoms with Crippen LogP contribution < -0.4 is 14.8 Å². The first kappa shape index (κ1) is 15.7. The average Bonchev–Trinajstić information content (AvgIpc) is 2.49. The minimum atomic E-state index is -0.500. The van der Waals surface area contributed by atoms with Crippen LogP contribution in [-0.4, -0.2) is 18.2 Å². The number of hydrogen-bond acceptors (Lipinski definition) is 4. The number of hydrogen-bond donors (Lipinski definition) is 1. The predicted octanol–water partition coefficient (Wildman–Crippen LogP) is 0.757. The Labute approximate surface area is 127 Å². The van der Waals surface area contributed by atoms with E-state index in [1.807, 2.05) is 6.92 Å². The molecule has 0 radical (unpaired) electrons. The van der Waals surface area contributed by atoms with E-state index in [0.717, 1.165) is 6.42 Å². The number of benzene rings is 1. The number of nitrogens with zero attached hydrogens (tertiary/aromatic N) is 2. The van der Waals surface area contributed by atoms with Gasteiger partial charge < -0.3 is 15.7 Å². The number of fused-ring (bicyclic) bond motifs is 1. The molecule has 7 heteroatoms. The molecule has 0 spiro atoms. The maximum Gasteiger partial charge on any atom is 0.328 e. The SMILES string of the molecule is CCCNC(=O)c1ccc2c(c1)[n+]([O-])c(C(C)=O)c(C)[n+]2[O-]. The standard InChI is InChI=1S/C15H17N3O4/c1-4-7-16-15(20)11-5-6-12-13(8-11)18(22)14(10(3)19)9(2)17(12)21/h5-6,8H,4,7H2,1-3H3,(H,16,20). The topological polar surface area (TPSA) is 100 Å². The Balaban J connectivity index is 2.66. The molecule has 2 aromatic rings. The Hall–Kier alpha value is -2.70. The quantitative estimate of drug-likeness (QED) is 0.512. The predicted molar refractivity (Wildman–Crippen MR) is 79.2 cm³/mol. The molecule has 1 aromatic carbocycles. The maximum atomic E-state index is 12.3. The number of rotatable bonds is 4. The van der Waals surface area contributed by atoms with E-state index >= 15 is 0 Å². The van der Waals surface area contributed by atoms with Gasteiger partial charge in [0.2, 0.25) is 5.78 Å². The van der Waals surface area contributed by atoms with Crippen molar-refractivity contribution in [1.29, 1.82) is 0 Å². The fourth-order valence-electron chi connectivity index (χ4n) is 2.28. The lowest BCUT2D eigenvalue weighted by Crippen LogP contribution is -2.46. The molecular weight excluding hydrogens is 286 g/mol. The van der Waals surface area contributed by atoms with E-state index in [0.29, 0.717) is 16.0 Å². The average molecular weight is 303 g/mol. The van der Waals surface area contributed by atoms with Crippen molar-refractivity contribution in [3.63, 3.8) is 0 Å². The molecule has 0 saturated heterocycles. The molecule has 0 unspecified atom stereocenters. The molecule has 0 fully saturated rings. The maximum absolute atomic E-state index is 12.3. The Morgan fingerprint density at radius 2 is 1.86 bits per heavy atom. The zero-order valence-electron chi connectivity index (χ0n) is 12.7. The number of ketones is 1. The van der Waals surface area contributed by atoms with Gasteiger partial charge in [-0.15, -0.1) is 0 Å². The van der Waals surface area contributed by atoms with E-state index < -0.39 is 5.78 Å². The Morgan fingerprint density at radius 1 is 1.18 bits per heavy atom. The van der Waals surface area contributed by atoms with Crippen molar-refractivity contribution >= 4 is 22.7 Å². The fraction of sp³-hybridized carbons (Fsp3) is 0.333. The Morgan fingerprint density at radius 3 is 2.45 bits per heavy atom. The number of carbonyl (C=O) groups is 2. The van der Waals surface area contributed by atoms with Gasteiger partial charge in [0.05, 0.1) is 0 Å². The molecule has 1 amide bonds. The van der Waals surface area contributed by atoms with Gasteiger partial charge >= 0.3 is 5.69 Å². The Kier molecular flexibility index (Phi) is 4.25. The third-order valence-electron chi connectivity index (χ3n) is 3.39. The number of nitrogens with one attached hydrogen (secondary N) is 1. The van der Waals surface area contributed by atoms with Crippen LogP contribution in [0.15, 0.2) is 18.2 Å². The molecule has 22 heavy (non-hydrogen) atoms. The summed E-state index contributed by atoms with van der Waals surface area (Å²) in [6.45, 7) is 5.08. The van der Waals surface area contributed by atoms with Crippen LogP contribution in [0.4, 0.5) is 0 Å². The molecule has 2 rings (SSSR count). The molecule has 7 nitrogen and oxygen atoms in total. The minimum Gasteiger partial charge on any atom is -0.618 e. The zero-order valence-corrected chi connectivity index (χ0v) is 12.7. The van der Waals surface area contributed by atoms with E-state index in [-0.39, 0.29) is 33.9 Å². The van der Waals surface area contributed by atoms with Gasteiger partial charge in [-0.3, -0.25) is 9.59 Å².